The van der Waals surface area contributed by atoms with Crippen molar-refractivity contribution in [1.29, 1.82) is 5.26 Å². The van der Waals surface area contributed by atoms with Gasteiger partial charge in [0.25, 0.3) is 5.91 Å². The third-order valence-electron chi connectivity index (χ3n) is 3.65. The first kappa shape index (κ1) is 20.6. The first-order valence-corrected chi connectivity index (χ1v) is 8.84. The van der Waals surface area contributed by atoms with E-state index in [-0.39, 0.29) is 5.57 Å². The molecule has 0 saturated carbocycles. The first-order valence-electron chi connectivity index (χ1n) is 8.09. The molecule has 0 radical (unpaired) electrons. The number of carbonyl (C=O) groups excluding carboxylic acids is 1. The van der Waals surface area contributed by atoms with Gasteiger partial charge in [0.15, 0.2) is 11.5 Å². The largest absolute Gasteiger partial charge is 0.493 e. The van der Waals surface area contributed by atoms with Gasteiger partial charge in [-0.15, -0.1) is 0 Å². The maximum absolute atomic E-state index is 12.4. The number of nitrogens with one attached hydrogen (secondary N) is 1. The minimum atomic E-state index is -0.554. The van der Waals surface area contributed by atoms with Crippen LogP contribution in [0.15, 0.2) is 35.9 Å². The van der Waals surface area contributed by atoms with E-state index in [1.165, 1.54) is 13.2 Å². The lowest BCUT2D eigenvalue weighted by atomic mass is 10.1. The molecule has 5 nitrogen and oxygen atoms in total. The Labute approximate surface area is 168 Å². The molecule has 0 aliphatic carbocycles. The molecule has 0 bridgehead atoms. The van der Waals surface area contributed by atoms with Gasteiger partial charge in [0.05, 0.1) is 18.7 Å². The average molecular weight is 405 g/mol. The highest BCUT2D eigenvalue weighted by molar-refractivity contribution is 6.32. The van der Waals surface area contributed by atoms with E-state index >= 15 is 0 Å². The smallest absolute Gasteiger partial charge is 0.266 e. The first-order chi connectivity index (χ1) is 12.9. The number of hydrogen-bond donors (Lipinski definition) is 1. The number of methoxy groups -OCH3 is 1. The van der Waals surface area contributed by atoms with Gasteiger partial charge in [-0.25, -0.2) is 0 Å². The Bertz CT molecular complexity index is 934. The van der Waals surface area contributed by atoms with Crippen molar-refractivity contribution in [2.24, 2.45) is 0 Å². The van der Waals surface area contributed by atoms with Crippen LogP contribution in [0.5, 0.6) is 11.5 Å². The van der Waals surface area contributed by atoms with Crippen LogP contribution < -0.4 is 14.8 Å². The lowest BCUT2D eigenvalue weighted by molar-refractivity contribution is -0.112. The molecule has 0 aliphatic rings. The highest BCUT2D eigenvalue weighted by Crippen LogP contribution is 2.37. The van der Waals surface area contributed by atoms with Crippen LogP contribution in [0.1, 0.15) is 18.1 Å². The summed E-state index contributed by atoms with van der Waals surface area (Å²) in [5.41, 5.74) is 1.84. The maximum atomic E-state index is 12.4. The Morgan fingerprint density at radius 1 is 1.26 bits per heavy atom. The van der Waals surface area contributed by atoms with Gasteiger partial charge >= 0.3 is 0 Å². The van der Waals surface area contributed by atoms with E-state index in [1.54, 1.807) is 30.3 Å². The molecule has 1 amide bonds. The molecular weight excluding hydrogens is 387 g/mol. The number of amides is 1. The van der Waals surface area contributed by atoms with Gasteiger partial charge in [-0.3, -0.25) is 4.79 Å². The van der Waals surface area contributed by atoms with Crippen molar-refractivity contribution < 1.29 is 14.3 Å². The third-order valence-corrected chi connectivity index (χ3v) is 4.33. The lowest BCUT2D eigenvalue weighted by Gasteiger charge is -2.12. The summed E-state index contributed by atoms with van der Waals surface area (Å²) in [7, 11) is 1.49. The molecule has 27 heavy (non-hydrogen) atoms. The van der Waals surface area contributed by atoms with Crippen molar-refractivity contribution >= 4 is 40.9 Å². The van der Waals surface area contributed by atoms with Crippen molar-refractivity contribution in [3.63, 3.8) is 0 Å². The lowest BCUT2D eigenvalue weighted by Crippen LogP contribution is -2.13. The molecule has 0 aromatic heterocycles. The summed E-state index contributed by atoms with van der Waals surface area (Å²) in [5, 5.41) is 12.9. The molecule has 2 aromatic rings. The van der Waals surface area contributed by atoms with E-state index in [4.69, 9.17) is 32.7 Å². The van der Waals surface area contributed by atoms with Crippen molar-refractivity contribution in [1.82, 2.24) is 0 Å². The molecule has 0 spiro atoms. The Morgan fingerprint density at radius 2 is 2.00 bits per heavy atom. The Hall–Kier alpha value is -2.68. The SMILES string of the molecule is CCOc1c(Cl)cc(/C=C(/C#N)C(=O)Nc2ccc(C)c(Cl)c2)cc1OC. The number of anilines is 1. The van der Waals surface area contributed by atoms with Crippen LogP contribution in [0.2, 0.25) is 10.0 Å². The number of ether oxygens (including phenoxy) is 2. The average Bonchev–Trinajstić information content (AvgIpc) is 2.64. The van der Waals surface area contributed by atoms with E-state index in [1.807, 2.05) is 19.9 Å². The Morgan fingerprint density at radius 3 is 2.59 bits per heavy atom. The summed E-state index contributed by atoms with van der Waals surface area (Å²) in [6.07, 6.45) is 1.43. The Kier molecular flexibility index (Phi) is 7.12. The summed E-state index contributed by atoms with van der Waals surface area (Å²) in [5.74, 6) is 0.274. The van der Waals surface area contributed by atoms with Crippen LogP contribution in [0.25, 0.3) is 6.08 Å². The second-order valence-electron chi connectivity index (χ2n) is 5.56. The van der Waals surface area contributed by atoms with Crippen LogP contribution in [-0.4, -0.2) is 19.6 Å². The summed E-state index contributed by atoms with van der Waals surface area (Å²) in [6.45, 7) is 4.12. The van der Waals surface area contributed by atoms with Crippen LogP contribution in [-0.2, 0) is 4.79 Å². The fraction of sp³-hybridized carbons (Fsp3) is 0.200. The number of benzene rings is 2. The summed E-state index contributed by atoms with van der Waals surface area (Å²) < 4.78 is 10.7. The van der Waals surface area contributed by atoms with Gasteiger partial charge in [-0.2, -0.15) is 5.26 Å². The number of aryl methyl sites for hydroxylation is 1. The number of hydrogen-bond acceptors (Lipinski definition) is 4. The van der Waals surface area contributed by atoms with Crippen LogP contribution in [0, 0.1) is 18.3 Å². The summed E-state index contributed by atoms with van der Waals surface area (Å²) >= 11 is 12.3. The second kappa shape index (κ2) is 9.31. The van der Waals surface area contributed by atoms with E-state index in [0.29, 0.717) is 39.4 Å². The molecule has 0 unspecified atom stereocenters. The number of carbonyl (C=O) groups is 1. The molecule has 2 aromatic carbocycles. The minimum Gasteiger partial charge on any atom is -0.493 e. The monoisotopic (exact) mass is 404 g/mol. The fourth-order valence-electron chi connectivity index (χ4n) is 2.29. The van der Waals surface area contributed by atoms with E-state index in [0.717, 1.165) is 5.56 Å². The van der Waals surface area contributed by atoms with Crippen molar-refractivity contribution in [3.05, 3.63) is 57.1 Å². The quantitative estimate of drug-likeness (QED) is 0.526. The maximum Gasteiger partial charge on any atom is 0.266 e. The van der Waals surface area contributed by atoms with Gasteiger partial charge in [-0.1, -0.05) is 29.3 Å². The molecular formula is C20H18Cl2N2O3. The highest BCUT2D eigenvalue weighted by atomic mass is 35.5. The third kappa shape index (κ3) is 5.16. The van der Waals surface area contributed by atoms with Crippen molar-refractivity contribution in [2.75, 3.05) is 19.0 Å². The number of rotatable bonds is 6. The standard InChI is InChI=1S/C20H18Cl2N2O3/c1-4-27-19-17(22)8-13(9-18(19)26-3)7-14(11-23)20(25)24-15-6-5-12(2)16(21)10-15/h5-10H,4H2,1-3H3,(H,24,25)/b14-7-. The summed E-state index contributed by atoms with van der Waals surface area (Å²) in [4.78, 5) is 12.4. The number of nitriles is 1. The molecule has 0 fully saturated rings. The van der Waals surface area contributed by atoms with E-state index in [2.05, 4.69) is 5.32 Å². The molecule has 2 rings (SSSR count). The second-order valence-corrected chi connectivity index (χ2v) is 6.37. The van der Waals surface area contributed by atoms with Crippen molar-refractivity contribution in [3.8, 4) is 17.6 Å². The zero-order chi connectivity index (χ0) is 20.0. The van der Waals surface area contributed by atoms with E-state index in [9.17, 15) is 10.1 Å². The zero-order valence-corrected chi connectivity index (χ0v) is 16.6. The van der Waals surface area contributed by atoms with Gasteiger partial charge in [0, 0.05) is 10.7 Å². The summed E-state index contributed by atoms with van der Waals surface area (Å²) in [6, 6.07) is 10.3. The minimum absolute atomic E-state index is 0.0889. The van der Waals surface area contributed by atoms with Crippen LogP contribution >= 0.6 is 23.2 Å². The number of nitrogens with zero attached hydrogens (tertiary/aromatic N) is 1. The normalized spacial score (nSPS) is 10.9. The predicted molar refractivity (Wildman–Crippen MR) is 108 cm³/mol. The van der Waals surface area contributed by atoms with E-state index < -0.39 is 5.91 Å². The van der Waals surface area contributed by atoms with Gasteiger partial charge in [0.2, 0.25) is 0 Å². The van der Waals surface area contributed by atoms with Gasteiger partial charge in [-0.05, 0) is 55.3 Å². The van der Waals surface area contributed by atoms with Crippen LogP contribution in [0.3, 0.4) is 0 Å². The highest BCUT2D eigenvalue weighted by Gasteiger charge is 2.14. The van der Waals surface area contributed by atoms with Crippen LogP contribution in [0.4, 0.5) is 5.69 Å². The number of halogens is 2. The van der Waals surface area contributed by atoms with Gasteiger partial charge in [0.1, 0.15) is 11.6 Å². The predicted octanol–water partition coefficient (Wildman–Crippen LogP) is 5.25. The molecule has 0 heterocycles. The van der Waals surface area contributed by atoms with Gasteiger partial charge < -0.3 is 14.8 Å². The molecule has 140 valence electrons. The fourth-order valence-corrected chi connectivity index (χ4v) is 2.75. The Balaban J connectivity index is 2.32. The molecule has 0 saturated heterocycles. The molecule has 1 N–H and O–H groups in total. The molecule has 0 aliphatic heterocycles. The zero-order valence-electron chi connectivity index (χ0n) is 15.1. The molecule has 7 heteroatoms. The topological polar surface area (TPSA) is 71.3 Å². The molecule has 0 atom stereocenters. The van der Waals surface area contributed by atoms with Crippen molar-refractivity contribution in [2.45, 2.75) is 13.8 Å².